The van der Waals surface area contributed by atoms with Crippen LogP contribution in [0.2, 0.25) is 0 Å². The highest BCUT2D eigenvalue weighted by Crippen LogP contribution is 2.04. The molecule has 0 saturated carbocycles. The van der Waals surface area contributed by atoms with Crippen LogP contribution in [0.15, 0.2) is 0 Å². The van der Waals surface area contributed by atoms with Crippen molar-refractivity contribution in [2.75, 3.05) is 152 Å². The molecule has 0 rings (SSSR count). The van der Waals surface area contributed by atoms with Gasteiger partial charge < -0.3 is 56.8 Å². The number of hydrogen-bond acceptors (Lipinski definition) is 13. The molecule has 13 heteroatoms. The van der Waals surface area contributed by atoms with E-state index in [0.717, 1.165) is 19.4 Å². The second kappa shape index (κ2) is 43.1. The first-order valence-electron chi connectivity index (χ1n) is 17.8. The van der Waals surface area contributed by atoms with Crippen LogP contribution in [0.1, 0.15) is 65.2 Å². The Morgan fingerprint density at radius 1 is 0.298 bits per heavy atom. The maximum atomic E-state index is 11.2. The fourth-order valence-corrected chi connectivity index (χ4v) is 3.78. The summed E-state index contributed by atoms with van der Waals surface area (Å²) >= 11 is 0. The highest BCUT2D eigenvalue weighted by molar-refractivity contribution is 5.69. The van der Waals surface area contributed by atoms with E-state index >= 15 is 0 Å². The van der Waals surface area contributed by atoms with Gasteiger partial charge in [0.05, 0.1) is 139 Å². The molecule has 0 atom stereocenters. The molecule has 0 heterocycles. The summed E-state index contributed by atoms with van der Waals surface area (Å²) in [5.74, 6) is -0.187. The van der Waals surface area contributed by atoms with Crippen LogP contribution in [-0.4, -0.2) is 158 Å². The van der Waals surface area contributed by atoms with Gasteiger partial charge in [-0.05, 0) is 12.8 Å². The van der Waals surface area contributed by atoms with E-state index in [4.69, 9.17) is 56.8 Å². The van der Waals surface area contributed by atoms with Gasteiger partial charge in [-0.15, -0.1) is 0 Å². The van der Waals surface area contributed by atoms with Crippen LogP contribution in [-0.2, 0) is 61.6 Å². The van der Waals surface area contributed by atoms with Crippen molar-refractivity contribution < 1.29 is 61.6 Å². The lowest BCUT2D eigenvalue weighted by molar-refractivity contribution is -0.145. The lowest BCUT2D eigenvalue weighted by atomic mass is 10.1. The Balaban J connectivity index is 3.05. The van der Waals surface area contributed by atoms with E-state index in [-0.39, 0.29) is 12.6 Å². The van der Waals surface area contributed by atoms with Crippen molar-refractivity contribution in [3.63, 3.8) is 0 Å². The predicted octanol–water partition coefficient (Wildman–Crippen LogP) is 3.87. The molecule has 0 radical (unpaired) electrons. The van der Waals surface area contributed by atoms with Gasteiger partial charge in [0.2, 0.25) is 0 Å². The lowest BCUT2D eigenvalue weighted by Crippen LogP contribution is -2.15. The molecule has 0 amide bonds. The molecule has 0 aliphatic heterocycles. The van der Waals surface area contributed by atoms with E-state index in [1.807, 2.05) is 6.92 Å². The Morgan fingerprint density at radius 2 is 0.553 bits per heavy atom. The third-order valence-electron chi connectivity index (χ3n) is 6.31. The zero-order chi connectivity index (χ0) is 34.0. The number of ether oxygens (including phenoxy) is 12. The van der Waals surface area contributed by atoms with E-state index < -0.39 is 0 Å². The molecule has 0 aromatic rings. The van der Waals surface area contributed by atoms with Crippen molar-refractivity contribution in [3.05, 3.63) is 0 Å². The average Bonchev–Trinajstić information content (AvgIpc) is 3.07. The summed E-state index contributed by atoms with van der Waals surface area (Å²) in [5, 5.41) is 0. The van der Waals surface area contributed by atoms with Crippen LogP contribution in [0.3, 0.4) is 0 Å². The molecule has 47 heavy (non-hydrogen) atoms. The Bertz CT molecular complexity index is 586. The number of unbranched alkanes of at least 4 members (excludes halogenated alkanes) is 5. The van der Waals surface area contributed by atoms with Crippen LogP contribution < -0.4 is 0 Å². The summed E-state index contributed by atoms with van der Waals surface area (Å²) in [6.45, 7) is 16.1. The van der Waals surface area contributed by atoms with Gasteiger partial charge in [0.15, 0.2) is 0 Å². The van der Waals surface area contributed by atoms with Gasteiger partial charge in [-0.1, -0.05) is 46.0 Å². The van der Waals surface area contributed by atoms with Crippen LogP contribution in [0.4, 0.5) is 0 Å². The van der Waals surface area contributed by atoms with E-state index in [0.29, 0.717) is 145 Å². The number of esters is 1. The molecular formula is C34H68O13. The summed E-state index contributed by atoms with van der Waals surface area (Å²) in [5.41, 5.74) is 0. The lowest BCUT2D eigenvalue weighted by Gasteiger charge is -2.09. The summed E-state index contributed by atoms with van der Waals surface area (Å²) in [6, 6.07) is 0. The molecule has 0 saturated heterocycles. The van der Waals surface area contributed by atoms with Gasteiger partial charge in [0, 0.05) is 13.0 Å². The van der Waals surface area contributed by atoms with Crippen LogP contribution in [0.25, 0.3) is 0 Å². The van der Waals surface area contributed by atoms with Gasteiger partial charge in [-0.2, -0.15) is 0 Å². The molecular weight excluding hydrogens is 616 g/mol. The minimum Gasteiger partial charge on any atom is -0.463 e. The minimum absolute atomic E-state index is 0.187. The molecule has 0 spiro atoms. The van der Waals surface area contributed by atoms with Gasteiger partial charge >= 0.3 is 5.97 Å². The minimum atomic E-state index is -0.187. The van der Waals surface area contributed by atoms with Crippen molar-refractivity contribution >= 4 is 5.97 Å². The smallest absolute Gasteiger partial charge is 0.305 e. The molecule has 0 bridgehead atoms. The van der Waals surface area contributed by atoms with Gasteiger partial charge in [-0.25, -0.2) is 0 Å². The second-order valence-electron chi connectivity index (χ2n) is 10.5. The van der Waals surface area contributed by atoms with Crippen molar-refractivity contribution in [1.82, 2.24) is 0 Å². The quantitative estimate of drug-likeness (QED) is 0.0683. The largest absolute Gasteiger partial charge is 0.463 e. The van der Waals surface area contributed by atoms with E-state index in [1.165, 1.54) is 32.1 Å². The van der Waals surface area contributed by atoms with Gasteiger partial charge in [0.25, 0.3) is 0 Å². The van der Waals surface area contributed by atoms with Gasteiger partial charge in [0.1, 0.15) is 6.61 Å². The molecule has 0 aromatic heterocycles. The number of carbonyl (C=O) groups is 1. The number of hydrogen-bond donors (Lipinski definition) is 0. The standard InChI is InChI=1S/C34H68O13/c1-3-5-6-7-8-9-11-36-12-13-37-14-15-38-16-17-39-18-19-40-20-21-41-22-23-42-24-25-43-26-27-44-28-29-45-30-31-46-32-33-47-34(35)10-4-2/h3-33H2,1-2H3. The molecule has 0 N–H and O–H groups in total. The maximum absolute atomic E-state index is 11.2. The molecule has 0 aliphatic carbocycles. The van der Waals surface area contributed by atoms with Crippen molar-refractivity contribution in [1.29, 1.82) is 0 Å². The molecule has 0 aromatic carbocycles. The van der Waals surface area contributed by atoms with E-state index in [9.17, 15) is 4.79 Å². The van der Waals surface area contributed by atoms with Crippen molar-refractivity contribution in [2.24, 2.45) is 0 Å². The first kappa shape index (κ1) is 46.0. The third-order valence-corrected chi connectivity index (χ3v) is 6.31. The highest BCUT2D eigenvalue weighted by Gasteiger charge is 2.00. The maximum Gasteiger partial charge on any atom is 0.305 e. The first-order valence-corrected chi connectivity index (χ1v) is 17.8. The zero-order valence-corrected chi connectivity index (χ0v) is 29.7. The SMILES string of the molecule is CCCCCCCCOCCOCCOCCOCCOCCOCCOCCOCCOCCOCCOCCOC(=O)CCC. The van der Waals surface area contributed by atoms with E-state index in [1.54, 1.807) is 0 Å². The summed E-state index contributed by atoms with van der Waals surface area (Å²) in [7, 11) is 0. The fourth-order valence-electron chi connectivity index (χ4n) is 3.78. The van der Waals surface area contributed by atoms with Crippen molar-refractivity contribution in [3.8, 4) is 0 Å². The number of carbonyl (C=O) groups excluding carboxylic acids is 1. The van der Waals surface area contributed by atoms with Crippen molar-refractivity contribution in [2.45, 2.75) is 65.2 Å². The van der Waals surface area contributed by atoms with Crippen LogP contribution >= 0.6 is 0 Å². The molecule has 0 fully saturated rings. The molecule has 0 unspecified atom stereocenters. The third kappa shape index (κ3) is 43.0. The Hall–Kier alpha value is -0.970. The topological polar surface area (TPSA) is 128 Å². The molecule has 13 nitrogen and oxygen atoms in total. The Morgan fingerprint density at radius 3 is 0.851 bits per heavy atom. The van der Waals surface area contributed by atoms with E-state index in [2.05, 4.69) is 6.92 Å². The summed E-state index contributed by atoms with van der Waals surface area (Å²) < 4.78 is 65.2. The average molecular weight is 685 g/mol. The summed E-state index contributed by atoms with van der Waals surface area (Å²) in [6.07, 6.45) is 8.90. The Kier molecular flexibility index (Phi) is 42.2. The fraction of sp³-hybridized carbons (Fsp3) is 0.971. The normalized spacial score (nSPS) is 11.4. The number of rotatable bonds is 42. The Labute approximate surface area is 284 Å². The zero-order valence-electron chi connectivity index (χ0n) is 29.7. The first-order chi connectivity index (χ1) is 23.3. The summed E-state index contributed by atoms with van der Waals surface area (Å²) in [4.78, 5) is 11.2. The van der Waals surface area contributed by atoms with Crippen LogP contribution in [0, 0.1) is 0 Å². The second-order valence-corrected chi connectivity index (χ2v) is 10.5. The monoisotopic (exact) mass is 684 g/mol. The molecule has 0 aliphatic rings. The highest BCUT2D eigenvalue weighted by atomic mass is 16.6. The predicted molar refractivity (Wildman–Crippen MR) is 178 cm³/mol. The van der Waals surface area contributed by atoms with Crippen LogP contribution in [0.5, 0.6) is 0 Å². The van der Waals surface area contributed by atoms with Gasteiger partial charge in [-0.3, -0.25) is 4.79 Å². The molecule has 282 valence electrons.